The van der Waals surface area contributed by atoms with Crippen molar-refractivity contribution in [1.82, 2.24) is 5.32 Å². The molecule has 3 aliphatic rings. The zero-order valence-electron chi connectivity index (χ0n) is 22.2. The van der Waals surface area contributed by atoms with E-state index in [-0.39, 0.29) is 22.4 Å². The van der Waals surface area contributed by atoms with E-state index in [2.05, 4.69) is 60.5 Å². The van der Waals surface area contributed by atoms with E-state index in [0.29, 0.717) is 18.5 Å². The molecule has 0 unspecified atom stereocenters. The fraction of sp³-hybridized carbons (Fsp3) is 0.242. The Morgan fingerprint density at radius 1 is 0.846 bits per heavy atom. The van der Waals surface area contributed by atoms with Gasteiger partial charge in [0.2, 0.25) is 5.91 Å². The lowest BCUT2D eigenvalue weighted by Gasteiger charge is -2.49. The van der Waals surface area contributed by atoms with E-state index in [1.807, 2.05) is 42.5 Å². The number of hydrogen-bond acceptors (Lipinski definition) is 4. The number of nitrogens with one attached hydrogen (secondary N) is 1. The molecule has 1 N–H and O–H groups in total. The molecule has 0 heterocycles. The maximum atomic E-state index is 14.5. The first-order valence-electron chi connectivity index (χ1n) is 13.6. The Kier molecular flexibility index (Phi) is 6.18. The number of benzene rings is 4. The van der Waals surface area contributed by atoms with Crippen molar-refractivity contribution in [3.8, 4) is 0 Å². The SMILES string of the molecule is CCN(CC)c1ccc([N+](=O)[O-])c(CCNC(=O)C23c4ccccc4C(c4ccccc42)c2ccccc23)c1. The van der Waals surface area contributed by atoms with Crippen LogP contribution in [-0.4, -0.2) is 30.5 Å². The molecule has 0 fully saturated rings. The Labute approximate surface area is 228 Å². The molecule has 0 saturated heterocycles. The van der Waals surface area contributed by atoms with Crippen LogP contribution >= 0.6 is 0 Å². The summed E-state index contributed by atoms with van der Waals surface area (Å²) in [6, 6.07) is 30.0. The fourth-order valence-electron chi connectivity index (χ4n) is 6.75. The third-order valence-electron chi connectivity index (χ3n) is 8.44. The summed E-state index contributed by atoms with van der Waals surface area (Å²) in [5, 5.41) is 15.0. The average molecular weight is 518 g/mol. The van der Waals surface area contributed by atoms with Gasteiger partial charge in [0.25, 0.3) is 5.69 Å². The van der Waals surface area contributed by atoms with E-state index in [1.165, 1.54) is 0 Å². The maximum Gasteiger partial charge on any atom is 0.272 e. The molecule has 3 aliphatic carbocycles. The number of nitrogens with zero attached hydrogens (tertiary/aromatic N) is 2. The summed E-state index contributed by atoms with van der Waals surface area (Å²) in [6.45, 7) is 6.05. The van der Waals surface area contributed by atoms with Crippen LogP contribution in [0.25, 0.3) is 0 Å². The minimum absolute atomic E-state index is 0.0810. The molecule has 4 aromatic rings. The van der Waals surface area contributed by atoms with E-state index >= 15 is 0 Å². The van der Waals surface area contributed by atoms with Gasteiger partial charge in [-0.25, -0.2) is 0 Å². The predicted octanol–water partition coefficient (Wildman–Crippen LogP) is 5.94. The van der Waals surface area contributed by atoms with Crippen molar-refractivity contribution >= 4 is 17.3 Å². The number of rotatable bonds is 8. The van der Waals surface area contributed by atoms with E-state index in [0.717, 1.165) is 52.2 Å². The van der Waals surface area contributed by atoms with Crippen LogP contribution in [0.2, 0.25) is 0 Å². The molecular weight excluding hydrogens is 486 g/mol. The number of amides is 1. The van der Waals surface area contributed by atoms with Gasteiger partial charge in [-0.15, -0.1) is 0 Å². The molecule has 4 aromatic carbocycles. The molecule has 0 aliphatic heterocycles. The molecular formula is C33H31N3O3. The number of hydrogen-bond donors (Lipinski definition) is 1. The number of carbonyl (C=O) groups excluding carboxylic acids is 1. The van der Waals surface area contributed by atoms with Crippen LogP contribution in [0.5, 0.6) is 0 Å². The second-order valence-electron chi connectivity index (χ2n) is 10.2. The normalized spacial score (nSPS) is 18.1. The Balaban J connectivity index is 1.39. The van der Waals surface area contributed by atoms with Gasteiger partial charge in [-0.05, 0) is 65.8 Å². The zero-order valence-corrected chi connectivity index (χ0v) is 22.2. The lowest BCUT2D eigenvalue weighted by atomic mass is 9.52. The van der Waals surface area contributed by atoms with Crippen LogP contribution in [0.15, 0.2) is 91.0 Å². The molecule has 6 nitrogen and oxygen atoms in total. The van der Waals surface area contributed by atoms with Crippen LogP contribution in [0.3, 0.4) is 0 Å². The summed E-state index contributed by atoms with van der Waals surface area (Å²) < 4.78 is 0. The predicted molar refractivity (Wildman–Crippen MR) is 154 cm³/mol. The van der Waals surface area contributed by atoms with Crippen molar-refractivity contribution < 1.29 is 9.72 Å². The smallest absolute Gasteiger partial charge is 0.272 e. The van der Waals surface area contributed by atoms with Crippen LogP contribution in [0, 0.1) is 10.1 Å². The summed E-state index contributed by atoms with van der Waals surface area (Å²) in [5.41, 5.74) is 7.19. The highest BCUT2D eigenvalue weighted by atomic mass is 16.6. The molecule has 7 rings (SSSR count). The quantitative estimate of drug-likeness (QED) is 0.232. The third kappa shape index (κ3) is 3.66. The van der Waals surface area contributed by atoms with Crippen LogP contribution in [-0.2, 0) is 16.6 Å². The first-order chi connectivity index (χ1) is 19.0. The minimum atomic E-state index is -0.979. The van der Waals surface area contributed by atoms with Gasteiger partial charge >= 0.3 is 0 Å². The monoisotopic (exact) mass is 517 g/mol. The number of nitro groups is 1. The molecule has 0 spiro atoms. The van der Waals surface area contributed by atoms with Gasteiger partial charge in [0, 0.05) is 42.9 Å². The van der Waals surface area contributed by atoms with Crippen LogP contribution in [0.4, 0.5) is 11.4 Å². The van der Waals surface area contributed by atoms with E-state index < -0.39 is 5.41 Å². The number of nitro benzene ring substituents is 1. The summed E-state index contributed by atoms with van der Waals surface area (Å²) >= 11 is 0. The minimum Gasteiger partial charge on any atom is -0.372 e. The molecule has 39 heavy (non-hydrogen) atoms. The van der Waals surface area contributed by atoms with Crippen LogP contribution in [0.1, 0.15) is 58.7 Å². The van der Waals surface area contributed by atoms with Gasteiger partial charge in [0.05, 0.1) is 4.92 Å². The largest absolute Gasteiger partial charge is 0.372 e. The van der Waals surface area contributed by atoms with Crippen LogP contribution < -0.4 is 10.2 Å². The van der Waals surface area contributed by atoms with Crippen molar-refractivity contribution in [2.75, 3.05) is 24.5 Å². The van der Waals surface area contributed by atoms with Crippen molar-refractivity contribution in [2.24, 2.45) is 0 Å². The Hall–Kier alpha value is -4.45. The fourth-order valence-corrected chi connectivity index (χ4v) is 6.75. The maximum absolute atomic E-state index is 14.5. The Bertz CT molecular complexity index is 1480. The van der Waals surface area contributed by atoms with Gasteiger partial charge in [0.15, 0.2) is 0 Å². The van der Waals surface area contributed by atoms with Gasteiger partial charge in [0.1, 0.15) is 5.41 Å². The summed E-state index contributed by atoms with van der Waals surface area (Å²) in [5.74, 6) is -0.00991. The molecule has 6 heteroatoms. The lowest BCUT2D eigenvalue weighted by molar-refractivity contribution is -0.385. The zero-order chi connectivity index (χ0) is 27.1. The van der Waals surface area contributed by atoms with Crippen molar-refractivity contribution in [3.63, 3.8) is 0 Å². The molecule has 0 saturated carbocycles. The van der Waals surface area contributed by atoms with Gasteiger partial charge < -0.3 is 10.2 Å². The lowest BCUT2D eigenvalue weighted by Crippen LogP contribution is -2.53. The first kappa shape index (κ1) is 24.9. The van der Waals surface area contributed by atoms with Crippen molar-refractivity contribution in [3.05, 3.63) is 140 Å². The van der Waals surface area contributed by atoms with Crippen molar-refractivity contribution in [2.45, 2.75) is 31.6 Å². The highest BCUT2D eigenvalue weighted by Crippen LogP contribution is 2.58. The molecule has 0 atom stereocenters. The first-order valence-corrected chi connectivity index (χ1v) is 13.6. The van der Waals surface area contributed by atoms with Gasteiger partial charge in [-0.3, -0.25) is 14.9 Å². The molecule has 0 radical (unpaired) electrons. The van der Waals surface area contributed by atoms with Gasteiger partial charge in [-0.2, -0.15) is 0 Å². The second kappa shape index (κ2) is 9.70. The topological polar surface area (TPSA) is 75.5 Å². The van der Waals surface area contributed by atoms with Gasteiger partial charge in [-0.1, -0.05) is 72.8 Å². The highest BCUT2D eigenvalue weighted by molar-refractivity contribution is 6.00. The van der Waals surface area contributed by atoms with E-state index in [9.17, 15) is 14.9 Å². The summed E-state index contributed by atoms with van der Waals surface area (Å²) in [4.78, 5) is 28.1. The summed E-state index contributed by atoms with van der Waals surface area (Å²) in [6.07, 6.45) is 0.362. The number of anilines is 1. The highest BCUT2D eigenvalue weighted by Gasteiger charge is 2.55. The number of carbonyl (C=O) groups is 1. The Morgan fingerprint density at radius 2 is 1.36 bits per heavy atom. The molecule has 0 aromatic heterocycles. The molecule has 1 amide bonds. The Morgan fingerprint density at radius 3 is 1.85 bits per heavy atom. The standard InChI is InChI=1S/C33H31N3O3/c1-3-35(4-2)23-17-18-30(36(38)39)22(21-23)19-20-34-32(37)33-27-14-8-5-11-24(27)31(25-12-6-9-15-28(25)33)26-13-7-10-16-29(26)33/h5-18,21,31H,3-4,19-20H2,1-2H3,(H,34,37). The van der Waals surface area contributed by atoms with E-state index in [1.54, 1.807) is 12.1 Å². The van der Waals surface area contributed by atoms with Crippen molar-refractivity contribution in [1.29, 1.82) is 0 Å². The summed E-state index contributed by atoms with van der Waals surface area (Å²) in [7, 11) is 0. The average Bonchev–Trinajstić information content (AvgIpc) is 2.97. The molecule has 2 bridgehead atoms. The molecule has 196 valence electrons. The van der Waals surface area contributed by atoms with E-state index in [4.69, 9.17) is 0 Å². The third-order valence-corrected chi connectivity index (χ3v) is 8.44. The second-order valence-corrected chi connectivity index (χ2v) is 10.2.